The van der Waals surface area contributed by atoms with Crippen LogP contribution in [0, 0.1) is 0 Å². The van der Waals surface area contributed by atoms with Crippen molar-refractivity contribution in [2.75, 3.05) is 0 Å². The predicted octanol–water partition coefficient (Wildman–Crippen LogP) is 5.70. The van der Waals surface area contributed by atoms with Crippen LogP contribution in [0.5, 0.6) is 0 Å². The average Bonchev–Trinajstić information content (AvgIpc) is 3.13. The van der Waals surface area contributed by atoms with Crippen LogP contribution >= 0.6 is 50.2 Å². The van der Waals surface area contributed by atoms with Crippen molar-refractivity contribution >= 4 is 50.2 Å². The summed E-state index contributed by atoms with van der Waals surface area (Å²) >= 11 is 12.8. The summed E-state index contributed by atoms with van der Waals surface area (Å²) in [5.41, 5.74) is 0. The fourth-order valence-electron chi connectivity index (χ4n) is 1.93. The number of halogens is 2. The summed E-state index contributed by atoms with van der Waals surface area (Å²) in [6.45, 7) is 0.789. The van der Waals surface area contributed by atoms with Crippen LogP contribution in [0.4, 0.5) is 0 Å². The fourth-order valence-corrected chi connectivity index (χ4v) is 4.51. The molecule has 3 aromatic heterocycles. The van der Waals surface area contributed by atoms with Crippen molar-refractivity contribution in [3.05, 3.63) is 66.3 Å². The van der Waals surface area contributed by atoms with Crippen molar-refractivity contribution in [3.8, 4) is 0 Å². The highest BCUT2D eigenvalue weighted by molar-refractivity contribution is 9.11. The molecule has 0 aliphatic heterocycles. The molecule has 104 valence electrons. The highest BCUT2D eigenvalue weighted by Crippen LogP contribution is 2.32. The van der Waals surface area contributed by atoms with Gasteiger partial charge in [-0.05, 0) is 52.3 Å². The van der Waals surface area contributed by atoms with Gasteiger partial charge in [-0.3, -0.25) is 5.32 Å². The summed E-state index contributed by atoms with van der Waals surface area (Å²) in [6.07, 6.45) is 1.70. The summed E-state index contributed by atoms with van der Waals surface area (Å²) in [7, 11) is 0. The molecule has 3 aromatic rings. The van der Waals surface area contributed by atoms with Gasteiger partial charge in [-0.15, -0.1) is 22.7 Å². The summed E-state index contributed by atoms with van der Waals surface area (Å²) in [4.78, 5) is 2.43. The van der Waals surface area contributed by atoms with Crippen LogP contribution in [0.3, 0.4) is 0 Å². The lowest BCUT2D eigenvalue weighted by Crippen LogP contribution is -2.20. The first-order chi connectivity index (χ1) is 9.72. The molecule has 2 nitrogen and oxygen atoms in total. The number of furan rings is 1. The van der Waals surface area contributed by atoms with Gasteiger partial charge in [0.2, 0.25) is 0 Å². The van der Waals surface area contributed by atoms with E-state index in [4.69, 9.17) is 16.0 Å². The lowest BCUT2D eigenvalue weighted by atomic mass is 10.2. The van der Waals surface area contributed by atoms with Crippen molar-refractivity contribution in [2.45, 2.75) is 12.6 Å². The third-order valence-corrected chi connectivity index (χ3v) is 5.74. The lowest BCUT2D eigenvalue weighted by Gasteiger charge is -2.14. The van der Waals surface area contributed by atoms with E-state index < -0.39 is 0 Å². The number of hydrogen-bond acceptors (Lipinski definition) is 4. The molecule has 0 bridgehead atoms. The second-order valence-corrected chi connectivity index (χ2v) is 8.47. The van der Waals surface area contributed by atoms with E-state index in [0.717, 1.165) is 25.3 Å². The van der Waals surface area contributed by atoms with E-state index in [2.05, 4.69) is 33.4 Å². The molecule has 0 radical (unpaired) electrons. The zero-order valence-corrected chi connectivity index (χ0v) is 14.3. The van der Waals surface area contributed by atoms with E-state index in [-0.39, 0.29) is 6.04 Å². The van der Waals surface area contributed by atoms with Gasteiger partial charge >= 0.3 is 0 Å². The van der Waals surface area contributed by atoms with E-state index >= 15 is 0 Å². The molecule has 3 rings (SSSR count). The Balaban J connectivity index is 1.79. The molecule has 0 aromatic carbocycles. The van der Waals surface area contributed by atoms with E-state index in [0.29, 0.717) is 0 Å². The maximum atomic E-state index is 6.04. The summed E-state index contributed by atoms with van der Waals surface area (Å²) in [6, 6.07) is 12.0. The van der Waals surface area contributed by atoms with Crippen molar-refractivity contribution in [1.29, 1.82) is 0 Å². The number of nitrogens with one attached hydrogen (secondary N) is 1. The minimum Gasteiger partial charge on any atom is -0.467 e. The Morgan fingerprint density at radius 2 is 2.10 bits per heavy atom. The van der Waals surface area contributed by atoms with Gasteiger partial charge in [0.15, 0.2) is 0 Å². The molecule has 0 spiro atoms. The van der Waals surface area contributed by atoms with Crippen LogP contribution in [-0.4, -0.2) is 0 Å². The standard InChI is InChI=1S/C14H11BrClNOS2/c15-12-5-3-9(19-12)8-17-14(10-2-1-7-18-10)11-4-6-13(16)20-11/h1-7,14,17H,8H2. The monoisotopic (exact) mass is 387 g/mol. The van der Waals surface area contributed by atoms with Gasteiger partial charge in [-0.25, -0.2) is 0 Å². The zero-order valence-electron chi connectivity index (χ0n) is 10.3. The first kappa shape index (κ1) is 14.4. The lowest BCUT2D eigenvalue weighted by molar-refractivity contribution is 0.450. The van der Waals surface area contributed by atoms with Gasteiger partial charge in [-0.2, -0.15) is 0 Å². The van der Waals surface area contributed by atoms with Crippen LogP contribution < -0.4 is 5.32 Å². The molecule has 20 heavy (non-hydrogen) atoms. The van der Waals surface area contributed by atoms with Crippen LogP contribution in [0.15, 0.2) is 50.9 Å². The molecule has 6 heteroatoms. The van der Waals surface area contributed by atoms with E-state index in [9.17, 15) is 0 Å². The molecule has 0 fully saturated rings. The number of thiophene rings is 2. The maximum Gasteiger partial charge on any atom is 0.126 e. The molecule has 0 saturated carbocycles. The largest absolute Gasteiger partial charge is 0.467 e. The Kier molecular flexibility index (Phi) is 4.63. The Morgan fingerprint density at radius 1 is 1.20 bits per heavy atom. The third kappa shape index (κ3) is 3.35. The minimum atomic E-state index is 0.0309. The molecule has 0 aliphatic carbocycles. The fraction of sp³-hybridized carbons (Fsp3) is 0.143. The van der Waals surface area contributed by atoms with E-state index in [1.807, 2.05) is 24.3 Å². The van der Waals surface area contributed by atoms with Gasteiger partial charge in [0.05, 0.1) is 14.4 Å². The van der Waals surface area contributed by atoms with Crippen molar-refractivity contribution in [1.82, 2.24) is 5.32 Å². The minimum absolute atomic E-state index is 0.0309. The van der Waals surface area contributed by atoms with Crippen LogP contribution in [-0.2, 0) is 6.54 Å². The summed E-state index contributed by atoms with van der Waals surface area (Å²) in [5, 5.41) is 3.53. The van der Waals surface area contributed by atoms with E-state index in [1.54, 1.807) is 28.9 Å². The number of rotatable bonds is 5. The SMILES string of the molecule is Clc1ccc(C(NCc2ccc(Br)s2)c2ccco2)s1. The Morgan fingerprint density at radius 3 is 2.70 bits per heavy atom. The Labute approximate surface area is 138 Å². The van der Waals surface area contributed by atoms with Gasteiger partial charge in [0.1, 0.15) is 11.8 Å². The van der Waals surface area contributed by atoms with E-state index in [1.165, 1.54) is 4.88 Å². The van der Waals surface area contributed by atoms with Gasteiger partial charge in [0, 0.05) is 16.3 Å². The van der Waals surface area contributed by atoms with Crippen LogP contribution in [0.25, 0.3) is 0 Å². The molecule has 1 atom stereocenters. The molecule has 0 saturated heterocycles. The second kappa shape index (κ2) is 6.45. The smallest absolute Gasteiger partial charge is 0.126 e. The molecule has 0 aliphatic rings. The van der Waals surface area contributed by atoms with Crippen LogP contribution in [0.2, 0.25) is 4.34 Å². The normalized spacial score (nSPS) is 12.7. The highest BCUT2D eigenvalue weighted by Gasteiger charge is 2.18. The first-order valence-electron chi connectivity index (χ1n) is 5.98. The molecule has 3 heterocycles. The van der Waals surface area contributed by atoms with Gasteiger partial charge < -0.3 is 4.42 Å². The summed E-state index contributed by atoms with van der Waals surface area (Å²) in [5.74, 6) is 0.902. The van der Waals surface area contributed by atoms with Gasteiger partial charge in [0.25, 0.3) is 0 Å². The summed E-state index contributed by atoms with van der Waals surface area (Å²) < 4.78 is 7.48. The quantitative estimate of drug-likeness (QED) is 0.606. The highest BCUT2D eigenvalue weighted by atomic mass is 79.9. The third-order valence-electron chi connectivity index (χ3n) is 2.82. The molecule has 0 amide bonds. The molecular weight excluding hydrogens is 378 g/mol. The Bertz CT molecular complexity index is 677. The molecule has 1 unspecified atom stereocenters. The molecular formula is C14H11BrClNOS2. The van der Waals surface area contributed by atoms with Gasteiger partial charge in [-0.1, -0.05) is 11.6 Å². The second-order valence-electron chi connectivity index (χ2n) is 4.18. The topological polar surface area (TPSA) is 25.2 Å². The Hall–Kier alpha value is -0.590. The molecule has 1 N–H and O–H groups in total. The van der Waals surface area contributed by atoms with Crippen molar-refractivity contribution < 1.29 is 4.42 Å². The number of hydrogen-bond donors (Lipinski definition) is 1. The predicted molar refractivity (Wildman–Crippen MR) is 88.7 cm³/mol. The maximum absolute atomic E-state index is 6.04. The van der Waals surface area contributed by atoms with Crippen LogP contribution in [0.1, 0.15) is 21.6 Å². The first-order valence-corrected chi connectivity index (χ1v) is 8.79. The average molecular weight is 389 g/mol. The van der Waals surface area contributed by atoms with Crippen molar-refractivity contribution in [3.63, 3.8) is 0 Å². The zero-order chi connectivity index (χ0) is 13.9. The van der Waals surface area contributed by atoms with Crippen molar-refractivity contribution in [2.24, 2.45) is 0 Å².